The highest BCUT2D eigenvalue weighted by atomic mass is 35.5. The standard InChI is InChI=1S/C18H19ClN4O2/c1-22-8-10-23(11-9-22)18(25)16-12-13(6-7-20-16)17(24)21-15-4-2-14(19)3-5-15/h2-7,12H,8-11H2,1H3,(H,21,24). The summed E-state index contributed by atoms with van der Waals surface area (Å²) < 4.78 is 0. The van der Waals surface area contributed by atoms with Gasteiger partial charge in [0.25, 0.3) is 11.8 Å². The van der Waals surface area contributed by atoms with Gasteiger partial charge in [0.05, 0.1) is 0 Å². The Morgan fingerprint density at radius 1 is 1.08 bits per heavy atom. The highest BCUT2D eigenvalue weighted by molar-refractivity contribution is 6.30. The molecule has 2 aromatic rings. The Labute approximate surface area is 151 Å². The van der Waals surface area contributed by atoms with Crippen LogP contribution in [-0.2, 0) is 0 Å². The minimum atomic E-state index is -0.294. The fourth-order valence-electron chi connectivity index (χ4n) is 2.60. The van der Waals surface area contributed by atoms with Crippen LogP contribution in [0.5, 0.6) is 0 Å². The van der Waals surface area contributed by atoms with Crippen LogP contribution < -0.4 is 5.32 Å². The molecule has 130 valence electrons. The first-order valence-electron chi connectivity index (χ1n) is 8.04. The van der Waals surface area contributed by atoms with E-state index in [9.17, 15) is 9.59 Å². The molecule has 1 aromatic heterocycles. The number of piperazine rings is 1. The molecule has 0 atom stereocenters. The Morgan fingerprint density at radius 3 is 2.44 bits per heavy atom. The average molecular weight is 359 g/mol. The Kier molecular flexibility index (Phi) is 5.31. The van der Waals surface area contributed by atoms with E-state index in [-0.39, 0.29) is 17.5 Å². The summed E-state index contributed by atoms with van der Waals surface area (Å²) in [5.41, 5.74) is 1.31. The van der Waals surface area contributed by atoms with Crippen LogP contribution in [-0.4, -0.2) is 59.8 Å². The van der Waals surface area contributed by atoms with Crippen molar-refractivity contribution < 1.29 is 9.59 Å². The summed E-state index contributed by atoms with van der Waals surface area (Å²) >= 11 is 5.84. The smallest absolute Gasteiger partial charge is 0.272 e. The number of pyridine rings is 1. The third-order valence-electron chi connectivity index (χ3n) is 4.13. The average Bonchev–Trinajstić information content (AvgIpc) is 2.64. The number of hydrogen-bond acceptors (Lipinski definition) is 4. The largest absolute Gasteiger partial charge is 0.335 e. The van der Waals surface area contributed by atoms with Gasteiger partial charge in [-0.25, -0.2) is 0 Å². The SMILES string of the molecule is CN1CCN(C(=O)c2cc(C(=O)Nc3ccc(Cl)cc3)ccn2)CC1. The summed E-state index contributed by atoms with van der Waals surface area (Å²) in [6.45, 7) is 3.00. The number of halogens is 1. The molecule has 0 spiro atoms. The first kappa shape index (κ1) is 17.4. The maximum absolute atomic E-state index is 12.6. The third-order valence-corrected chi connectivity index (χ3v) is 4.39. The number of rotatable bonds is 3. The molecule has 1 N–H and O–H groups in total. The van der Waals surface area contributed by atoms with Gasteiger partial charge < -0.3 is 15.1 Å². The quantitative estimate of drug-likeness (QED) is 0.914. The van der Waals surface area contributed by atoms with Crippen LogP contribution in [0.4, 0.5) is 5.69 Å². The monoisotopic (exact) mass is 358 g/mol. The number of anilines is 1. The van der Waals surface area contributed by atoms with Crippen molar-refractivity contribution in [1.29, 1.82) is 0 Å². The second-order valence-electron chi connectivity index (χ2n) is 5.99. The van der Waals surface area contributed by atoms with Gasteiger partial charge in [0.15, 0.2) is 0 Å². The lowest BCUT2D eigenvalue weighted by Gasteiger charge is -2.32. The first-order chi connectivity index (χ1) is 12.0. The van der Waals surface area contributed by atoms with Gasteiger partial charge in [-0.3, -0.25) is 14.6 Å². The maximum atomic E-state index is 12.6. The number of likely N-dealkylation sites (N-methyl/N-ethyl adjacent to an activating group) is 1. The molecule has 1 aliphatic heterocycles. The van der Waals surface area contributed by atoms with E-state index in [1.165, 1.54) is 12.3 Å². The Balaban J connectivity index is 1.71. The highest BCUT2D eigenvalue weighted by Crippen LogP contribution is 2.15. The van der Waals surface area contributed by atoms with Crippen molar-refractivity contribution >= 4 is 29.1 Å². The molecule has 1 saturated heterocycles. The van der Waals surface area contributed by atoms with Crippen LogP contribution in [0.3, 0.4) is 0 Å². The topological polar surface area (TPSA) is 65.5 Å². The van der Waals surface area contributed by atoms with Crippen LogP contribution in [0.2, 0.25) is 5.02 Å². The second kappa shape index (κ2) is 7.63. The Hall–Kier alpha value is -2.44. The maximum Gasteiger partial charge on any atom is 0.272 e. The number of benzene rings is 1. The van der Waals surface area contributed by atoms with E-state index in [1.807, 2.05) is 7.05 Å². The zero-order chi connectivity index (χ0) is 17.8. The molecule has 6 nitrogen and oxygen atoms in total. The molecule has 7 heteroatoms. The lowest BCUT2D eigenvalue weighted by Crippen LogP contribution is -2.47. The fourth-order valence-corrected chi connectivity index (χ4v) is 2.72. The van der Waals surface area contributed by atoms with Crippen LogP contribution in [0.15, 0.2) is 42.6 Å². The molecule has 0 saturated carbocycles. The lowest BCUT2D eigenvalue weighted by atomic mass is 10.2. The summed E-state index contributed by atoms with van der Waals surface area (Å²) in [7, 11) is 2.03. The van der Waals surface area contributed by atoms with Crippen molar-refractivity contribution in [3.63, 3.8) is 0 Å². The van der Waals surface area contributed by atoms with E-state index >= 15 is 0 Å². The molecule has 0 unspecified atom stereocenters. The van der Waals surface area contributed by atoms with Crippen LogP contribution in [0.25, 0.3) is 0 Å². The third kappa shape index (κ3) is 4.35. The molecule has 1 aliphatic rings. The molecular formula is C18H19ClN4O2. The zero-order valence-corrected chi connectivity index (χ0v) is 14.7. The first-order valence-corrected chi connectivity index (χ1v) is 8.41. The van der Waals surface area contributed by atoms with Gasteiger partial charge >= 0.3 is 0 Å². The van der Waals surface area contributed by atoms with Crippen LogP contribution in [0, 0.1) is 0 Å². The van der Waals surface area contributed by atoms with Gasteiger partial charge in [0.1, 0.15) is 5.69 Å². The van der Waals surface area contributed by atoms with E-state index in [0.717, 1.165) is 13.1 Å². The molecule has 2 heterocycles. The van der Waals surface area contributed by atoms with Gasteiger partial charge in [-0.05, 0) is 43.4 Å². The van der Waals surface area contributed by atoms with Gasteiger partial charge in [-0.1, -0.05) is 11.6 Å². The van der Waals surface area contributed by atoms with E-state index in [1.54, 1.807) is 35.2 Å². The molecule has 3 rings (SSSR count). The minimum absolute atomic E-state index is 0.144. The van der Waals surface area contributed by atoms with Crippen molar-refractivity contribution in [1.82, 2.24) is 14.8 Å². The van der Waals surface area contributed by atoms with Crippen molar-refractivity contribution in [2.75, 3.05) is 38.5 Å². The summed E-state index contributed by atoms with van der Waals surface area (Å²) in [5, 5.41) is 3.38. The summed E-state index contributed by atoms with van der Waals surface area (Å²) in [5.74, 6) is -0.439. The van der Waals surface area contributed by atoms with Crippen molar-refractivity contribution in [2.24, 2.45) is 0 Å². The summed E-state index contributed by atoms with van der Waals surface area (Å²) in [6.07, 6.45) is 1.49. The van der Waals surface area contributed by atoms with E-state index in [0.29, 0.717) is 29.4 Å². The lowest BCUT2D eigenvalue weighted by molar-refractivity contribution is 0.0658. The normalized spacial score (nSPS) is 15.0. The molecule has 1 aromatic carbocycles. The Bertz CT molecular complexity index is 771. The molecule has 2 amide bonds. The predicted octanol–water partition coefficient (Wildman–Crippen LogP) is 2.37. The molecule has 0 bridgehead atoms. The van der Waals surface area contributed by atoms with Gasteiger partial charge in [-0.2, -0.15) is 0 Å². The Morgan fingerprint density at radius 2 is 1.76 bits per heavy atom. The molecule has 25 heavy (non-hydrogen) atoms. The van der Waals surface area contributed by atoms with Crippen LogP contribution in [0.1, 0.15) is 20.8 Å². The molecular weight excluding hydrogens is 340 g/mol. The number of nitrogens with one attached hydrogen (secondary N) is 1. The second-order valence-corrected chi connectivity index (χ2v) is 6.42. The summed E-state index contributed by atoms with van der Waals surface area (Å²) in [6, 6.07) is 9.96. The predicted molar refractivity (Wildman–Crippen MR) is 97.0 cm³/mol. The van der Waals surface area contributed by atoms with Gasteiger partial charge in [-0.15, -0.1) is 0 Å². The number of carbonyl (C=O) groups is 2. The fraction of sp³-hybridized carbons (Fsp3) is 0.278. The molecule has 1 fully saturated rings. The minimum Gasteiger partial charge on any atom is -0.335 e. The van der Waals surface area contributed by atoms with E-state index < -0.39 is 0 Å². The highest BCUT2D eigenvalue weighted by Gasteiger charge is 2.22. The molecule has 0 radical (unpaired) electrons. The van der Waals surface area contributed by atoms with E-state index in [2.05, 4.69) is 15.2 Å². The van der Waals surface area contributed by atoms with Crippen molar-refractivity contribution in [3.8, 4) is 0 Å². The van der Waals surface area contributed by atoms with Gasteiger partial charge in [0.2, 0.25) is 0 Å². The number of amides is 2. The summed E-state index contributed by atoms with van der Waals surface area (Å²) in [4.78, 5) is 33.0. The zero-order valence-electron chi connectivity index (χ0n) is 13.9. The van der Waals surface area contributed by atoms with Crippen LogP contribution >= 0.6 is 11.6 Å². The van der Waals surface area contributed by atoms with Gasteiger partial charge in [0, 0.05) is 48.6 Å². The molecule has 0 aliphatic carbocycles. The number of carbonyl (C=O) groups excluding carboxylic acids is 2. The van der Waals surface area contributed by atoms with Crippen molar-refractivity contribution in [2.45, 2.75) is 0 Å². The van der Waals surface area contributed by atoms with E-state index in [4.69, 9.17) is 11.6 Å². The number of aromatic nitrogens is 1. The number of hydrogen-bond donors (Lipinski definition) is 1. The van der Waals surface area contributed by atoms with Crippen molar-refractivity contribution in [3.05, 3.63) is 58.9 Å². The number of nitrogens with zero attached hydrogens (tertiary/aromatic N) is 3.